The number of benzene rings is 1. The third-order valence-electron chi connectivity index (χ3n) is 3.48. The van der Waals surface area contributed by atoms with Crippen molar-refractivity contribution in [3.63, 3.8) is 0 Å². The maximum atomic E-state index is 12.2. The van der Waals surface area contributed by atoms with Gasteiger partial charge in [0.15, 0.2) is 0 Å². The SMILES string of the molecule is Cc1ccccc1CC(C)C(=O)NS(=O)(=O)c1ccnc(Cl)c1. The molecule has 0 radical (unpaired) electrons. The van der Waals surface area contributed by atoms with Gasteiger partial charge in [-0.05, 0) is 36.6 Å². The zero-order valence-electron chi connectivity index (χ0n) is 12.8. The standard InChI is InChI=1S/C16H17ClN2O3S/c1-11-5-3-4-6-13(11)9-12(2)16(20)19-23(21,22)14-7-8-18-15(17)10-14/h3-8,10,12H,9H2,1-2H3,(H,19,20). The van der Waals surface area contributed by atoms with E-state index in [-0.39, 0.29) is 10.0 Å². The predicted molar refractivity (Wildman–Crippen MR) is 88.6 cm³/mol. The van der Waals surface area contributed by atoms with Gasteiger partial charge in [0.2, 0.25) is 5.91 Å². The third-order valence-corrected chi connectivity index (χ3v) is 5.03. The number of pyridine rings is 1. The van der Waals surface area contributed by atoms with Crippen LogP contribution in [0.2, 0.25) is 5.15 Å². The summed E-state index contributed by atoms with van der Waals surface area (Å²) in [7, 11) is -3.95. The molecule has 1 amide bonds. The summed E-state index contributed by atoms with van der Waals surface area (Å²) in [6, 6.07) is 10.2. The molecule has 2 aromatic rings. The maximum absolute atomic E-state index is 12.2. The molecule has 1 N–H and O–H groups in total. The molecule has 122 valence electrons. The largest absolute Gasteiger partial charge is 0.274 e. The number of hydrogen-bond acceptors (Lipinski definition) is 4. The molecular formula is C16H17ClN2O3S. The quantitative estimate of drug-likeness (QED) is 0.839. The zero-order valence-corrected chi connectivity index (χ0v) is 14.4. The van der Waals surface area contributed by atoms with Crippen molar-refractivity contribution in [2.24, 2.45) is 5.92 Å². The molecule has 0 aliphatic rings. The lowest BCUT2D eigenvalue weighted by molar-refractivity contribution is -0.122. The minimum atomic E-state index is -3.95. The van der Waals surface area contributed by atoms with Gasteiger partial charge in [0.05, 0.1) is 4.90 Å². The molecule has 1 heterocycles. The van der Waals surface area contributed by atoms with E-state index in [9.17, 15) is 13.2 Å². The molecular weight excluding hydrogens is 336 g/mol. The second kappa shape index (κ2) is 7.10. The first-order valence-corrected chi connectivity index (χ1v) is 8.88. The van der Waals surface area contributed by atoms with Gasteiger partial charge >= 0.3 is 0 Å². The number of aromatic nitrogens is 1. The molecule has 0 aliphatic carbocycles. The van der Waals surface area contributed by atoms with E-state index in [2.05, 4.69) is 9.71 Å². The van der Waals surface area contributed by atoms with Gasteiger partial charge in [0, 0.05) is 12.1 Å². The lowest BCUT2D eigenvalue weighted by Gasteiger charge is -2.14. The van der Waals surface area contributed by atoms with Crippen LogP contribution in [0.15, 0.2) is 47.5 Å². The first-order chi connectivity index (χ1) is 10.8. The highest BCUT2D eigenvalue weighted by Gasteiger charge is 2.22. The fourth-order valence-corrected chi connectivity index (χ4v) is 3.43. The second-order valence-corrected chi connectivity index (χ2v) is 7.39. The second-order valence-electron chi connectivity index (χ2n) is 5.32. The van der Waals surface area contributed by atoms with Crippen molar-refractivity contribution in [2.75, 3.05) is 0 Å². The molecule has 0 aliphatic heterocycles. The van der Waals surface area contributed by atoms with Gasteiger partial charge in [-0.1, -0.05) is 42.8 Å². The summed E-state index contributed by atoms with van der Waals surface area (Å²) in [6.45, 7) is 3.65. The number of amides is 1. The van der Waals surface area contributed by atoms with Crippen molar-refractivity contribution in [1.82, 2.24) is 9.71 Å². The Morgan fingerprint density at radius 3 is 2.65 bits per heavy atom. The molecule has 1 aromatic heterocycles. The Morgan fingerprint density at radius 1 is 1.30 bits per heavy atom. The van der Waals surface area contributed by atoms with E-state index < -0.39 is 21.8 Å². The molecule has 23 heavy (non-hydrogen) atoms. The summed E-state index contributed by atoms with van der Waals surface area (Å²) < 4.78 is 26.5. The number of nitrogens with one attached hydrogen (secondary N) is 1. The number of hydrogen-bond donors (Lipinski definition) is 1. The molecule has 1 unspecified atom stereocenters. The van der Waals surface area contributed by atoms with Crippen molar-refractivity contribution in [2.45, 2.75) is 25.2 Å². The first kappa shape index (κ1) is 17.4. The smallest absolute Gasteiger partial charge is 0.264 e. The van der Waals surface area contributed by atoms with E-state index in [4.69, 9.17) is 11.6 Å². The van der Waals surface area contributed by atoms with Crippen LogP contribution in [-0.2, 0) is 21.2 Å². The molecule has 0 bridgehead atoms. The Bertz CT molecular complexity index is 822. The molecule has 5 nitrogen and oxygen atoms in total. The summed E-state index contributed by atoms with van der Waals surface area (Å²) >= 11 is 5.69. The van der Waals surface area contributed by atoms with E-state index in [1.807, 2.05) is 31.2 Å². The van der Waals surface area contributed by atoms with Crippen molar-refractivity contribution in [3.8, 4) is 0 Å². The van der Waals surface area contributed by atoms with Crippen LogP contribution >= 0.6 is 11.6 Å². The fourth-order valence-electron chi connectivity index (χ4n) is 2.11. The maximum Gasteiger partial charge on any atom is 0.264 e. The first-order valence-electron chi connectivity index (χ1n) is 7.02. The van der Waals surface area contributed by atoms with Crippen LogP contribution in [0.5, 0.6) is 0 Å². The molecule has 7 heteroatoms. The van der Waals surface area contributed by atoms with E-state index in [1.165, 1.54) is 18.3 Å². The lowest BCUT2D eigenvalue weighted by Crippen LogP contribution is -2.35. The Kier molecular flexibility index (Phi) is 5.38. The topological polar surface area (TPSA) is 76.1 Å². The average molecular weight is 353 g/mol. The summed E-state index contributed by atoms with van der Waals surface area (Å²) in [6.07, 6.45) is 1.74. The van der Waals surface area contributed by atoms with Crippen LogP contribution in [0.25, 0.3) is 0 Å². The summed E-state index contributed by atoms with van der Waals surface area (Å²) in [5.41, 5.74) is 2.08. The van der Waals surface area contributed by atoms with Crippen LogP contribution in [-0.4, -0.2) is 19.3 Å². The van der Waals surface area contributed by atoms with Crippen molar-refractivity contribution >= 4 is 27.5 Å². The lowest BCUT2D eigenvalue weighted by atomic mass is 9.97. The van der Waals surface area contributed by atoms with Crippen LogP contribution < -0.4 is 4.72 Å². The fraction of sp³-hybridized carbons (Fsp3) is 0.250. The normalized spacial score (nSPS) is 12.7. The molecule has 1 aromatic carbocycles. The van der Waals surface area contributed by atoms with Crippen LogP contribution in [0.4, 0.5) is 0 Å². The number of sulfonamides is 1. The van der Waals surface area contributed by atoms with Gasteiger partial charge in [-0.2, -0.15) is 0 Å². The Hall–Kier alpha value is -1.92. The highest BCUT2D eigenvalue weighted by atomic mass is 35.5. The minimum absolute atomic E-state index is 0.0493. The van der Waals surface area contributed by atoms with E-state index in [0.717, 1.165) is 11.1 Å². The molecule has 0 saturated heterocycles. The molecule has 1 atom stereocenters. The average Bonchev–Trinajstić information content (AvgIpc) is 2.49. The number of rotatable bonds is 5. The number of carbonyl (C=O) groups excluding carboxylic acids is 1. The van der Waals surface area contributed by atoms with Crippen molar-refractivity contribution in [3.05, 3.63) is 58.9 Å². The highest BCUT2D eigenvalue weighted by molar-refractivity contribution is 7.90. The zero-order chi connectivity index (χ0) is 17.0. The molecule has 0 fully saturated rings. The number of nitrogens with zero attached hydrogens (tertiary/aromatic N) is 1. The van der Waals surface area contributed by atoms with E-state index in [0.29, 0.717) is 6.42 Å². The van der Waals surface area contributed by atoms with Gasteiger partial charge in [-0.3, -0.25) is 4.79 Å². The number of halogens is 1. The van der Waals surface area contributed by atoms with Crippen molar-refractivity contribution in [1.29, 1.82) is 0 Å². The highest BCUT2D eigenvalue weighted by Crippen LogP contribution is 2.16. The van der Waals surface area contributed by atoms with E-state index >= 15 is 0 Å². The van der Waals surface area contributed by atoms with Gasteiger partial charge < -0.3 is 0 Å². The third kappa shape index (κ3) is 4.53. The van der Waals surface area contributed by atoms with Crippen LogP contribution in [0.1, 0.15) is 18.1 Å². The molecule has 0 spiro atoms. The number of carbonyl (C=O) groups is 1. The van der Waals surface area contributed by atoms with Gasteiger partial charge in [0.1, 0.15) is 5.15 Å². The monoisotopic (exact) mass is 352 g/mol. The van der Waals surface area contributed by atoms with Crippen LogP contribution in [0.3, 0.4) is 0 Å². The van der Waals surface area contributed by atoms with Crippen molar-refractivity contribution < 1.29 is 13.2 Å². The van der Waals surface area contributed by atoms with Crippen LogP contribution in [0, 0.1) is 12.8 Å². The summed E-state index contributed by atoms with van der Waals surface area (Å²) in [5.74, 6) is -1.04. The molecule has 2 rings (SSSR count). The van der Waals surface area contributed by atoms with Gasteiger partial charge in [0.25, 0.3) is 10.0 Å². The van der Waals surface area contributed by atoms with Gasteiger partial charge in [-0.15, -0.1) is 0 Å². The summed E-state index contributed by atoms with van der Waals surface area (Å²) in [5, 5.41) is 0.0493. The minimum Gasteiger partial charge on any atom is -0.274 e. The Morgan fingerprint density at radius 2 is 2.00 bits per heavy atom. The number of aryl methyl sites for hydroxylation is 1. The Labute approximate surface area is 140 Å². The molecule has 0 saturated carbocycles. The Balaban J connectivity index is 2.10. The summed E-state index contributed by atoms with van der Waals surface area (Å²) in [4.78, 5) is 15.8. The predicted octanol–water partition coefficient (Wildman–Crippen LogP) is 2.73. The van der Waals surface area contributed by atoms with Gasteiger partial charge in [-0.25, -0.2) is 18.1 Å². The van der Waals surface area contributed by atoms with E-state index in [1.54, 1.807) is 6.92 Å².